The third-order valence-electron chi connectivity index (χ3n) is 2.37. The van der Waals surface area contributed by atoms with Crippen LogP contribution >= 0.6 is 35.3 Å². The molecule has 1 aliphatic rings. The average Bonchev–Trinajstić information content (AvgIpc) is 2.29. The van der Waals surface area contributed by atoms with Crippen LogP contribution in [0, 0.1) is 10.1 Å². The maximum atomic E-state index is 10.6. The molecule has 1 fully saturated rings. The van der Waals surface area contributed by atoms with Gasteiger partial charge in [0.1, 0.15) is 0 Å². The van der Waals surface area contributed by atoms with Gasteiger partial charge in [-0.2, -0.15) is 11.8 Å². The highest BCUT2D eigenvalue weighted by atomic mass is 32.2. The SMILES string of the molecule is O=[N+]([O-])c1ccc(C2SCCSCCS2)cc1. The molecule has 0 radical (unpaired) electrons. The minimum absolute atomic E-state index is 0.171. The van der Waals surface area contributed by atoms with Crippen molar-refractivity contribution in [3.63, 3.8) is 0 Å². The van der Waals surface area contributed by atoms with Crippen LogP contribution in [0.15, 0.2) is 24.3 Å². The Morgan fingerprint density at radius 3 is 2.18 bits per heavy atom. The lowest BCUT2D eigenvalue weighted by molar-refractivity contribution is -0.384. The number of benzene rings is 1. The molecule has 0 spiro atoms. The zero-order valence-electron chi connectivity index (χ0n) is 9.20. The zero-order chi connectivity index (χ0) is 12.1. The largest absolute Gasteiger partial charge is 0.269 e. The van der Waals surface area contributed by atoms with Gasteiger partial charge in [-0.25, -0.2) is 0 Å². The molecule has 0 unspecified atom stereocenters. The van der Waals surface area contributed by atoms with Gasteiger partial charge < -0.3 is 0 Å². The van der Waals surface area contributed by atoms with Crippen molar-refractivity contribution in [3.05, 3.63) is 39.9 Å². The van der Waals surface area contributed by atoms with E-state index in [-0.39, 0.29) is 10.6 Å². The van der Waals surface area contributed by atoms with Crippen LogP contribution in [0.2, 0.25) is 0 Å². The first-order chi connectivity index (χ1) is 8.27. The molecule has 1 heterocycles. The van der Waals surface area contributed by atoms with E-state index in [0.29, 0.717) is 4.58 Å². The molecule has 2 rings (SSSR count). The third-order valence-corrected chi connectivity index (χ3v) is 6.72. The topological polar surface area (TPSA) is 43.1 Å². The highest BCUT2D eigenvalue weighted by Gasteiger charge is 2.15. The molecule has 1 aliphatic heterocycles. The van der Waals surface area contributed by atoms with Crippen molar-refractivity contribution < 1.29 is 4.92 Å². The molecule has 0 saturated carbocycles. The second-order valence-corrected chi connectivity index (χ2v) is 7.48. The Kier molecular flexibility index (Phi) is 5.06. The van der Waals surface area contributed by atoms with Gasteiger partial charge in [0.05, 0.1) is 9.51 Å². The zero-order valence-corrected chi connectivity index (χ0v) is 11.7. The van der Waals surface area contributed by atoms with Gasteiger partial charge in [-0.1, -0.05) is 12.1 Å². The van der Waals surface area contributed by atoms with E-state index in [9.17, 15) is 10.1 Å². The number of hydrogen-bond donors (Lipinski definition) is 0. The smallest absolute Gasteiger partial charge is 0.258 e. The van der Waals surface area contributed by atoms with E-state index in [1.54, 1.807) is 12.1 Å². The van der Waals surface area contributed by atoms with Crippen molar-refractivity contribution in [2.24, 2.45) is 0 Å². The fraction of sp³-hybridized carbons (Fsp3) is 0.455. The highest BCUT2D eigenvalue weighted by Crippen LogP contribution is 2.41. The highest BCUT2D eigenvalue weighted by molar-refractivity contribution is 8.17. The average molecular weight is 287 g/mol. The first kappa shape index (κ1) is 13.1. The predicted molar refractivity (Wildman–Crippen MR) is 78.1 cm³/mol. The van der Waals surface area contributed by atoms with Crippen LogP contribution in [0.5, 0.6) is 0 Å². The summed E-state index contributed by atoms with van der Waals surface area (Å²) in [7, 11) is 0. The Balaban J connectivity index is 2.06. The maximum Gasteiger partial charge on any atom is 0.269 e. The number of rotatable bonds is 2. The van der Waals surface area contributed by atoms with E-state index in [2.05, 4.69) is 0 Å². The van der Waals surface area contributed by atoms with Crippen molar-refractivity contribution >= 4 is 41.0 Å². The van der Waals surface area contributed by atoms with Gasteiger partial charge >= 0.3 is 0 Å². The molecule has 1 aromatic carbocycles. The maximum absolute atomic E-state index is 10.6. The van der Waals surface area contributed by atoms with Gasteiger partial charge in [0.2, 0.25) is 0 Å². The van der Waals surface area contributed by atoms with Crippen molar-refractivity contribution in [3.8, 4) is 0 Å². The quantitative estimate of drug-likeness (QED) is 0.611. The third kappa shape index (κ3) is 3.82. The molecular weight excluding hydrogens is 274 g/mol. The van der Waals surface area contributed by atoms with Crippen molar-refractivity contribution in [1.82, 2.24) is 0 Å². The molecule has 0 aromatic heterocycles. The summed E-state index contributed by atoms with van der Waals surface area (Å²) in [5.74, 6) is 4.71. The number of nitro groups is 1. The van der Waals surface area contributed by atoms with Crippen LogP contribution in [0.4, 0.5) is 5.69 Å². The van der Waals surface area contributed by atoms with Crippen LogP contribution in [0.1, 0.15) is 10.1 Å². The van der Waals surface area contributed by atoms with Gasteiger partial charge in [0, 0.05) is 35.1 Å². The normalized spacial score (nSPS) is 18.4. The standard InChI is InChI=1S/C11H13NO2S3/c13-12(14)10-3-1-9(2-4-10)11-16-7-5-15-6-8-17-11/h1-4,11H,5-8H2. The number of hydrogen-bond acceptors (Lipinski definition) is 5. The van der Waals surface area contributed by atoms with Gasteiger partial charge in [0.15, 0.2) is 0 Å². The molecule has 92 valence electrons. The molecule has 0 aliphatic carbocycles. The summed E-state index contributed by atoms with van der Waals surface area (Å²) in [6, 6.07) is 6.98. The summed E-state index contributed by atoms with van der Waals surface area (Å²) < 4.78 is 0.428. The predicted octanol–water partition coefficient (Wildman–Crippen LogP) is 3.81. The summed E-state index contributed by atoms with van der Waals surface area (Å²) in [4.78, 5) is 10.2. The Morgan fingerprint density at radius 2 is 1.65 bits per heavy atom. The van der Waals surface area contributed by atoms with E-state index < -0.39 is 0 Å². The lowest BCUT2D eigenvalue weighted by Gasteiger charge is -2.18. The molecule has 0 atom stereocenters. The Bertz CT molecular complexity index is 375. The molecule has 0 amide bonds. The summed E-state index contributed by atoms with van der Waals surface area (Å²) in [5.41, 5.74) is 1.36. The van der Waals surface area contributed by atoms with E-state index in [1.807, 2.05) is 47.4 Å². The van der Waals surface area contributed by atoms with Gasteiger partial charge in [0.25, 0.3) is 5.69 Å². The Hall–Kier alpha value is -0.330. The second kappa shape index (κ2) is 6.56. The minimum atomic E-state index is -0.348. The van der Waals surface area contributed by atoms with Crippen LogP contribution in [-0.4, -0.2) is 27.9 Å². The van der Waals surface area contributed by atoms with E-state index in [4.69, 9.17) is 0 Å². The second-order valence-electron chi connectivity index (χ2n) is 3.53. The lowest BCUT2D eigenvalue weighted by Crippen LogP contribution is -2.00. The minimum Gasteiger partial charge on any atom is -0.258 e. The summed E-state index contributed by atoms with van der Waals surface area (Å²) in [5, 5.41) is 10.6. The monoisotopic (exact) mass is 287 g/mol. The molecule has 1 saturated heterocycles. The van der Waals surface area contributed by atoms with Crippen LogP contribution < -0.4 is 0 Å². The summed E-state index contributed by atoms with van der Waals surface area (Å²) in [6.07, 6.45) is 0. The number of thioether (sulfide) groups is 3. The van der Waals surface area contributed by atoms with Crippen molar-refractivity contribution in [2.45, 2.75) is 4.58 Å². The van der Waals surface area contributed by atoms with E-state index >= 15 is 0 Å². The summed E-state index contributed by atoms with van der Waals surface area (Å²) >= 11 is 5.88. The molecular formula is C11H13NO2S3. The fourth-order valence-electron chi connectivity index (χ4n) is 1.52. The van der Waals surface area contributed by atoms with Crippen LogP contribution in [-0.2, 0) is 0 Å². The molecule has 6 heteroatoms. The van der Waals surface area contributed by atoms with Crippen LogP contribution in [0.3, 0.4) is 0 Å². The van der Waals surface area contributed by atoms with Gasteiger partial charge in [-0.05, 0) is 5.56 Å². The molecule has 3 nitrogen and oxygen atoms in total. The van der Waals surface area contributed by atoms with Gasteiger partial charge in [-0.3, -0.25) is 10.1 Å². The fourth-order valence-corrected chi connectivity index (χ4v) is 5.53. The molecule has 0 N–H and O–H groups in total. The van der Waals surface area contributed by atoms with Crippen LogP contribution in [0.25, 0.3) is 0 Å². The number of non-ortho nitro benzene ring substituents is 1. The molecule has 1 aromatic rings. The van der Waals surface area contributed by atoms with Crippen molar-refractivity contribution in [1.29, 1.82) is 0 Å². The van der Waals surface area contributed by atoms with Crippen molar-refractivity contribution in [2.75, 3.05) is 23.0 Å². The lowest BCUT2D eigenvalue weighted by atomic mass is 10.2. The Labute approximate surface area is 113 Å². The first-order valence-corrected chi connectivity index (χ1v) is 8.58. The number of nitrogens with zero attached hydrogens (tertiary/aromatic N) is 1. The molecule has 17 heavy (non-hydrogen) atoms. The summed E-state index contributed by atoms with van der Waals surface area (Å²) in [6.45, 7) is 0. The number of nitro benzene ring substituents is 1. The Morgan fingerprint density at radius 1 is 1.06 bits per heavy atom. The van der Waals surface area contributed by atoms with Gasteiger partial charge in [-0.15, -0.1) is 23.5 Å². The van der Waals surface area contributed by atoms with E-state index in [0.717, 1.165) is 11.5 Å². The molecule has 0 bridgehead atoms. The first-order valence-electron chi connectivity index (χ1n) is 5.32. The van der Waals surface area contributed by atoms with E-state index in [1.165, 1.54) is 17.1 Å².